The summed E-state index contributed by atoms with van der Waals surface area (Å²) in [4.78, 5) is 16.8. The van der Waals surface area contributed by atoms with E-state index < -0.39 is 0 Å². The lowest BCUT2D eigenvalue weighted by atomic mass is 10.4. The number of aryl methyl sites for hydroxylation is 1. The molecule has 0 saturated carbocycles. The van der Waals surface area contributed by atoms with E-state index in [2.05, 4.69) is 15.5 Å². The van der Waals surface area contributed by atoms with Crippen LogP contribution in [0.4, 0.5) is 5.82 Å². The molecule has 3 rings (SSSR count). The lowest BCUT2D eigenvalue weighted by Gasteiger charge is -1.94. The highest BCUT2D eigenvalue weighted by Gasteiger charge is 2.04. The Balaban J connectivity index is 1.72. The molecule has 3 aromatic rings. The minimum Gasteiger partial charge on any atom is -0.360 e. The summed E-state index contributed by atoms with van der Waals surface area (Å²) in [6.45, 7) is 1.76. The van der Waals surface area contributed by atoms with Crippen LogP contribution in [-0.2, 0) is 4.79 Å². The average Bonchev–Trinajstić information content (AvgIpc) is 3.04. The van der Waals surface area contributed by atoms with Gasteiger partial charge in [-0.3, -0.25) is 9.20 Å². The van der Waals surface area contributed by atoms with Gasteiger partial charge in [0.1, 0.15) is 5.76 Å². The van der Waals surface area contributed by atoms with Gasteiger partial charge < -0.3 is 9.84 Å². The van der Waals surface area contributed by atoms with Crippen LogP contribution in [0.15, 0.2) is 34.4 Å². The van der Waals surface area contributed by atoms with Crippen molar-refractivity contribution in [3.8, 4) is 0 Å². The summed E-state index contributed by atoms with van der Waals surface area (Å²) >= 11 is 1.54. The van der Waals surface area contributed by atoms with E-state index in [1.54, 1.807) is 36.6 Å². The summed E-state index contributed by atoms with van der Waals surface area (Å²) in [6, 6.07) is 1.65. The van der Waals surface area contributed by atoms with Crippen molar-refractivity contribution in [1.29, 1.82) is 0 Å². The summed E-state index contributed by atoms with van der Waals surface area (Å²) < 4.78 is 6.77. The molecule has 0 aliphatic rings. The lowest BCUT2D eigenvalue weighted by molar-refractivity contribution is -0.111. The molecule has 0 bridgehead atoms. The highest BCUT2D eigenvalue weighted by molar-refractivity contribution is 7.15. The van der Waals surface area contributed by atoms with Crippen LogP contribution in [0.2, 0.25) is 0 Å². The van der Waals surface area contributed by atoms with Gasteiger partial charge in [0.25, 0.3) is 0 Å². The molecule has 96 valence electrons. The summed E-state index contributed by atoms with van der Waals surface area (Å²) in [5.74, 6) is 0.787. The van der Waals surface area contributed by atoms with Gasteiger partial charge in [-0.2, -0.15) is 0 Å². The normalized spacial score (nSPS) is 11.4. The molecule has 0 saturated heterocycles. The fraction of sp³-hybridized carbons (Fsp3) is 0.0833. The SMILES string of the molecule is Cc1cc(NC(=O)/C=C/c2cnc3sccn23)no1. The Hall–Kier alpha value is -2.41. The fourth-order valence-corrected chi connectivity index (χ4v) is 2.32. The Kier molecular flexibility index (Phi) is 2.88. The summed E-state index contributed by atoms with van der Waals surface area (Å²) in [5, 5.41) is 8.24. The third kappa shape index (κ3) is 2.41. The van der Waals surface area contributed by atoms with Gasteiger partial charge >= 0.3 is 0 Å². The molecular weight excluding hydrogens is 264 g/mol. The van der Waals surface area contributed by atoms with Gasteiger partial charge in [-0.1, -0.05) is 5.16 Å². The van der Waals surface area contributed by atoms with Gasteiger partial charge in [0.15, 0.2) is 10.8 Å². The molecule has 0 unspecified atom stereocenters. The molecule has 0 spiro atoms. The van der Waals surface area contributed by atoms with Crippen molar-refractivity contribution < 1.29 is 9.32 Å². The number of fused-ring (bicyclic) bond motifs is 1. The summed E-state index contributed by atoms with van der Waals surface area (Å²) in [5.41, 5.74) is 0.850. The molecule has 0 aromatic carbocycles. The highest BCUT2D eigenvalue weighted by atomic mass is 32.1. The minimum atomic E-state index is -0.265. The minimum absolute atomic E-state index is 0.265. The Morgan fingerprint density at radius 3 is 3.26 bits per heavy atom. The molecule has 7 heteroatoms. The topological polar surface area (TPSA) is 72.4 Å². The standard InChI is InChI=1S/C12H10N4O2S/c1-8-6-10(15-18-8)14-11(17)3-2-9-7-13-12-16(9)4-5-19-12/h2-7H,1H3,(H,14,15,17)/b3-2+. The van der Waals surface area contributed by atoms with Crippen LogP contribution in [0.1, 0.15) is 11.5 Å². The first kappa shape index (κ1) is 11.7. The van der Waals surface area contributed by atoms with Crippen LogP contribution >= 0.6 is 11.3 Å². The van der Waals surface area contributed by atoms with Crippen LogP contribution in [-0.4, -0.2) is 20.4 Å². The van der Waals surface area contributed by atoms with Crippen LogP contribution in [0.3, 0.4) is 0 Å². The van der Waals surface area contributed by atoms with Crippen molar-refractivity contribution in [3.05, 3.63) is 41.4 Å². The number of hydrogen-bond donors (Lipinski definition) is 1. The van der Waals surface area contributed by atoms with Crippen LogP contribution < -0.4 is 5.32 Å². The van der Waals surface area contributed by atoms with E-state index >= 15 is 0 Å². The van der Waals surface area contributed by atoms with E-state index in [0.717, 1.165) is 10.7 Å². The largest absolute Gasteiger partial charge is 0.360 e. The fourth-order valence-electron chi connectivity index (χ4n) is 1.62. The molecule has 1 N–H and O–H groups in total. The van der Waals surface area contributed by atoms with Crippen molar-refractivity contribution in [3.63, 3.8) is 0 Å². The number of nitrogens with one attached hydrogen (secondary N) is 1. The van der Waals surface area contributed by atoms with E-state index in [1.165, 1.54) is 6.08 Å². The Bertz CT molecular complexity index is 753. The molecule has 0 aliphatic carbocycles. The third-order valence-electron chi connectivity index (χ3n) is 2.46. The molecule has 3 heterocycles. The molecule has 0 fully saturated rings. The smallest absolute Gasteiger partial charge is 0.249 e. The van der Waals surface area contributed by atoms with Crippen molar-refractivity contribution in [1.82, 2.24) is 14.5 Å². The number of rotatable bonds is 3. The zero-order valence-corrected chi connectivity index (χ0v) is 10.8. The summed E-state index contributed by atoms with van der Waals surface area (Å²) in [6.07, 6.45) is 6.77. The maximum absolute atomic E-state index is 11.7. The molecule has 3 aromatic heterocycles. The van der Waals surface area contributed by atoms with E-state index in [9.17, 15) is 4.79 Å². The summed E-state index contributed by atoms with van der Waals surface area (Å²) in [7, 11) is 0. The predicted molar refractivity (Wildman–Crippen MR) is 72.0 cm³/mol. The second-order valence-electron chi connectivity index (χ2n) is 3.88. The maximum Gasteiger partial charge on any atom is 0.249 e. The van der Waals surface area contributed by atoms with Crippen LogP contribution in [0.5, 0.6) is 0 Å². The number of nitrogens with zero attached hydrogens (tertiary/aromatic N) is 3. The Labute approximate surface area is 112 Å². The zero-order valence-electron chi connectivity index (χ0n) is 10.0. The first-order valence-corrected chi connectivity index (χ1v) is 6.43. The van der Waals surface area contributed by atoms with Gasteiger partial charge in [-0.05, 0) is 13.0 Å². The Morgan fingerprint density at radius 1 is 1.58 bits per heavy atom. The highest BCUT2D eigenvalue weighted by Crippen LogP contribution is 2.13. The molecule has 6 nitrogen and oxygen atoms in total. The molecule has 0 aliphatic heterocycles. The van der Waals surface area contributed by atoms with E-state index in [1.807, 2.05) is 16.0 Å². The van der Waals surface area contributed by atoms with E-state index in [4.69, 9.17) is 4.52 Å². The second-order valence-corrected chi connectivity index (χ2v) is 4.76. The molecule has 0 atom stereocenters. The first-order chi connectivity index (χ1) is 9.22. The number of thiazole rings is 1. The van der Waals surface area contributed by atoms with Gasteiger partial charge in [0.2, 0.25) is 5.91 Å². The van der Waals surface area contributed by atoms with Crippen LogP contribution in [0.25, 0.3) is 11.0 Å². The zero-order chi connectivity index (χ0) is 13.2. The number of carbonyl (C=O) groups is 1. The number of aromatic nitrogens is 3. The number of amides is 1. The number of imidazole rings is 1. The predicted octanol–water partition coefficient (Wildman–Crippen LogP) is 2.34. The quantitative estimate of drug-likeness (QED) is 0.744. The number of anilines is 1. The maximum atomic E-state index is 11.7. The van der Waals surface area contributed by atoms with Crippen LogP contribution in [0, 0.1) is 6.92 Å². The van der Waals surface area contributed by atoms with Gasteiger partial charge in [-0.15, -0.1) is 11.3 Å². The monoisotopic (exact) mass is 274 g/mol. The molecular formula is C12H10N4O2S. The number of hydrogen-bond acceptors (Lipinski definition) is 5. The molecule has 19 heavy (non-hydrogen) atoms. The van der Waals surface area contributed by atoms with E-state index in [0.29, 0.717) is 11.6 Å². The van der Waals surface area contributed by atoms with E-state index in [-0.39, 0.29) is 5.91 Å². The van der Waals surface area contributed by atoms with Crippen molar-refractivity contribution >= 4 is 34.1 Å². The number of carbonyl (C=O) groups excluding carboxylic acids is 1. The van der Waals surface area contributed by atoms with Crippen molar-refractivity contribution in [2.24, 2.45) is 0 Å². The van der Waals surface area contributed by atoms with Crippen molar-refractivity contribution in [2.45, 2.75) is 6.92 Å². The van der Waals surface area contributed by atoms with Gasteiger partial charge in [-0.25, -0.2) is 4.98 Å². The average molecular weight is 274 g/mol. The molecule has 1 amide bonds. The first-order valence-electron chi connectivity index (χ1n) is 5.55. The van der Waals surface area contributed by atoms with Crippen molar-refractivity contribution in [2.75, 3.05) is 5.32 Å². The Morgan fingerprint density at radius 2 is 2.47 bits per heavy atom. The lowest BCUT2D eigenvalue weighted by Crippen LogP contribution is -2.07. The van der Waals surface area contributed by atoms with Gasteiger partial charge in [0, 0.05) is 23.7 Å². The third-order valence-corrected chi connectivity index (χ3v) is 3.23. The molecule has 0 radical (unpaired) electrons. The second kappa shape index (κ2) is 4.69. The van der Waals surface area contributed by atoms with Gasteiger partial charge in [0.05, 0.1) is 11.9 Å².